The fraction of sp³-hybridized carbons (Fsp3) is 0.706. The highest BCUT2D eigenvalue weighted by atomic mass is 32.1. The van der Waals surface area contributed by atoms with Crippen molar-refractivity contribution in [2.45, 2.75) is 19.8 Å². The fourth-order valence-electron chi connectivity index (χ4n) is 3.42. The van der Waals surface area contributed by atoms with Crippen molar-refractivity contribution >= 4 is 28.3 Å². The summed E-state index contributed by atoms with van der Waals surface area (Å²) >= 11 is 1.65. The molecule has 0 N–H and O–H groups in total. The van der Waals surface area contributed by atoms with Crippen LogP contribution in [0, 0.1) is 5.92 Å². The molecule has 0 aromatic carbocycles. The first-order valence-corrected chi connectivity index (χ1v) is 9.86. The summed E-state index contributed by atoms with van der Waals surface area (Å²) in [5.41, 5.74) is 0. The fourth-order valence-corrected chi connectivity index (χ4v) is 4.11. The Morgan fingerprint density at radius 3 is 2.76 bits per heavy atom. The Hall–Kier alpha value is -1.67. The van der Waals surface area contributed by atoms with Gasteiger partial charge in [-0.05, 0) is 19.8 Å². The van der Waals surface area contributed by atoms with Crippen molar-refractivity contribution < 1.29 is 14.3 Å². The van der Waals surface area contributed by atoms with E-state index in [-0.39, 0.29) is 17.8 Å². The molecule has 1 atom stereocenters. The molecule has 7 nitrogen and oxygen atoms in total. The van der Waals surface area contributed by atoms with Gasteiger partial charge in [0.05, 0.1) is 19.1 Å². The number of anilines is 1. The molecule has 1 unspecified atom stereocenters. The lowest BCUT2D eigenvalue weighted by atomic mass is 9.98. The molecule has 3 rings (SSSR count). The Kier molecular flexibility index (Phi) is 6.25. The van der Waals surface area contributed by atoms with Crippen LogP contribution in [0.4, 0.5) is 5.13 Å². The van der Waals surface area contributed by atoms with Crippen LogP contribution in [0.1, 0.15) is 19.8 Å². The standard InChI is InChI=1S/C17H26N4O3S/c1-2-24-16(23)14-4-3-6-21(12-14)15(22)13-19-7-9-20(10-8-19)17-18-5-11-25-17/h5,11,14H,2-4,6-10,12-13H2,1H3. The maximum absolute atomic E-state index is 12.6. The first-order chi connectivity index (χ1) is 12.2. The van der Waals surface area contributed by atoms with Crippen molar-refractivity contribution in [2.24, 2.45) is 5.92 Å². The molecular weight excluding hydrogens is 340 g/mol. The van der Waals surface area contributed by atoms with Gasteiger partial charge in [-0.3, -0.25) is 14.5 Å². The number of carbonyl (C=O) groups is 2. The second kappa shape index (κ2) is 8.62. The average Bonchev–Trinajstić information content (AvgIpc) is 3.17. The molecule has 2 fully saturated rings. The van der Waals surface area contributed by atoms with E-state index < -0.39 is 0 Å². The highest BCUT2D eigenvalue weighted by molar-refractivity contribution is 7.13. The summed E-state index contributed by atoms with van der Waals surface area (Å²) in [7, 11) is 0. The molecule has 0 bridgehead atoms. The van der Waals surface area contributed by atoms with Crippen molar-refractivity contribution in [3.63, 3.8) is 0 Å². The topological polar surface area (TPSA) is 66.0 Å². The molecule has 25 heavy (non-hydrogen) atoms. The maximum Gasteiger partial charge on any atom is 0.310 e. The molecule has 2 saturated heterocycles. The molecule has 0 radical (unpaired) electrons. The highest BCUT2D eigenvalue weighted by Crippen LogP contribution is 2.20. The van der Waals surface area contributed by atoms with Gasteiger partial charge in [-0.1, -0.05) is 0 Å². The van der Waals surface area contributed by atoms with E-state index in [0.29, 0.717) is 19.7 Å². The van der Waals surface area contributed by atoms with Gasteiger partial charge in [0.15, 0.2) is 5.13 Å². The van der Waals surface area contributed by atoms with Gasteiger partial charge in [0, 0.05) is 50.8 Å². The first kappa shape index (κ1) is 18.1. The summed E-state index contributed by atoms with van der Waals surface area (Å²) < 4.78 is 5.11. The number of likely N-dealkylation sites (tertiary alicyclic amines) is 1. The number of amides is 1. The van der Waals surface area contributed by atoms with E-state index >= 15 is 0 Å². The Morgan fingerprint density at radius 2 is 2.08 bits per heavy atom. The van der Waals surface area contributed by atoms with Crippen LogP contribution in [-0.2, 0) is 14.3 Å². The monoisotopic (exact) mass is 366 g/mol. The van der Waals surface area contributed by atoms with Gasteiger partial charge in [-0.15, -0.1) is 11.3 Å². The van der Waals surface area contributed by atoms with Crippen molar-refractivity contribution in [1.82, 2.24) is 14.8 Å². The average molecular weight is 366 g/mol. The first-order valence-electron chi connectivity index (χ1n) is 8.98. The predicted molar refractivity (Wildman–Crippen MR) is 96.7 cm³/mol. The van der Waals surface area contributed by atoms with Crippen molar-refractivity contribution in [3.8, 4) is 0 Å². The lowest BCUT2D eigenvalue weighted by molar-refractivity contribution is -0.151. The van der Waals surface area contributed by atoms with E-state index in [2.05, 4.69) is 14.8 Å². The van der Waals surface area contributed by atoms with Crippen molar-refractivity contribution in [1.29, 1.82) is 0 Å². The van der Waals surface area contributed by atoms with Gasteiger partial charge >= 0.3 is 5.97 Å². The Morgan fingerprint density at radius 1 is 1.28 bits per heavy atom. The maximum atomic E-state index is 12.6. The smallest absolute Gasteiger partial charge is 0.310 e. The number of piperidine rings is 1. The molecule has 0 saturated carbocycles. The summed E-state index contributed by atoms with van der Waals surface area (Å²) in [6.45, 7) is 7.40. The predicted octanol–water partition coefficient (Wildman–Crippen LogP) is 1.07. The van der Waals surface area contributed by atoms with E-state index in [9.17, 15) is 9.59 Å². The largest absolute Gasteiger partial charge is 0.466 e. The molecule has 3 heterocycles. The van der Waals surface area contributed by atoms with Crippen LogP contribution < -0.4 is 4.90 Å². The van der Waals surface area contributed by atoms with Crippen LogP contribution >= 0.6 is 11.3 Å². The van der Waals surface area contributed by atoms with Gasteiger partial charge in [0.2, 0.25) is 5.91 Å². The molecule has 8 heteroatoms. The molecule has 2 aliphatic heterocycles. The van der Waals surface area contributed by atoms with Gasteiger partial charge in [0.25, 0.3) is 0 Å². The summed E-state index contributed by atoms with van der Waals surface area (Å²) in [4.78, 5) is 35.2. The third-order valence-electron chi connectivity index (χ3n) is 4.81. The number of nitrogens with zero attached hydrogens (tertiary/aromatic N) is 4. The Balaban J connectivity index is 1.45. The number of thiazole rings is 1. The van der Waals surface area contributed by atoms with Gasteiger partial charge in [-0.25, -0.2) is 4.98 Å². The minimum Gasteiger partial charge on any atom is -0.466 e. The molecule has 0 spiro atoms. The van der Waals surface area contributed by atoms with Gasteiger partial charge in [0.1, 0.15) is 0 Å². The van der Waals surface area contributed by atoms with Gasteiger partial charge in [-0.2, -0.15) is 0 Å². The minimum atomic E-state index is -0.169. The molecule has 1 aromatic heterocycles. The van der Waals surface area contributed by atoms with Crippen molar-refractivity contribution in [2.75, 3.05) is 57.3 Å². The number of ether oxygens (including phenoxy) is 1. The van der Waals surface area contributed by atoms with Crippen LogP contribution in [0.2, 0.25) is 0 Å². The van der Waals surface area contributed by atoms with Crippen LogP contribution in [0.25, 0.3) is 0 Å². The summed E-state index contributed by atoms with van der Waals surface area (Å²) in [6.07, 6.45) is 3.51. The zero-order chi connectivity index (χ0) is 17.6. The van der Waals surface area contributed by atoms with Crippen molar-refractivity contribution in [3.05, 3.63) is 11.6 Å². The number of piperazine rings is 1. The summed E-state index contributed by atoms with van der Waals surface area (Å²) in [5.74, 6) is -0.215. The zero-order valence-corrected chi connectivity index (χ0v) is 15.5. The van der Waals surface area contributed by atoms with E-state index in [1.165, 1.54) is 0 Å². The molecular formula is C17H26N4O3S. The summed E-state index contributed by atoms with van der Waals surface area (Å²) in [5, 5.41) is 3.04. The lowest BCUT2D eigenvalue weighted by Crippen LogP contribution is -2.51. The van der Waals surface area contributed by atoms with E-state index in [4.69, 9.17) is 4.74 Å². The van der Waals surface area contributed by atoms with E-state index in [1.807, 2.05) is 23.4 Å². The van der Waals surface area contributed by atoms with E-state index in [1.54, 1.807) is 11.3 Å². The van der Waals surface area contributed by atoms with E-state index in [0.717, 1.165) is 50.7 Å². The number of hydrogen-bond acceptors (Lipinski definition) is 7. The second-order valence-corrected chi connectivity index (χ2v) is 7.38. The third-order valence-corrected chi connectivity index (χ3v) is 5.65. The number of hydrogen-bond donors (Lipinski definition) is 0. The minimum absolute atomic E-state index is 0.122. The van der Waals surface area contributed by atoms with Crippen LogP contribution in [-0.4, -0.2) is 79.1 Å². The third kappa shape index (κ3) is 4.70. The zero-order valence-electron chi connectivity index (χ0n) is 14.7. The molecule has 1 amide bonds. The molecule has 138 valence electrons. The number of rotatable bonds is 5. The Bertz CT molecular complexity index is 572. The SMILES string of the molecule is CCOC(=O)C1CCCN(C(=O)CN2CCN(c3nccs3)CC2)C1. The molecule has 2 aliphatic rings. The lowest BCUT2D eigenvalue weighted by Gasteiger charge is -2.36. The highest BCUT2D eigenvalue weighted by Gasteiger charge is 2.30. The second-order valence-electron chi connectivity index (χ2n) is 6.51. The normalized spacial score (nSPS) is 22.0. The number of aromatic nitrogens is 1. The number of esters is 1. The van der Waals surface area contributed by atoms with Gasteiger partial charge < -0.3 is 14.5 Å². The van der Waals surface area contributed by atoms with Crippen LogP contribution in [0.5, 0.6) is 0 Å². The Labute approximate surface area is 152 Å². The van der Waals surface area contributed by atoms with Crippen LogP contribution in [0.3, 0.4) is 0 Å². The molecule has 0 aliphatic carbocycles. The summed E-state index contributed by atoms with van der Waals surface area (Å²) in [6, 6.07) is 0. The number of carbonyl (C=O) groups excluding carboxylic acids is 2. The van der Waals surface area contributed by atoms with Crippen LogP contribution in [0.15, 0.2) is 11.6 Å². The quantitative estimate of drug-likeness (QED) is 0.726. The molecule has 1 aromatic rings.